The lowest BCUT2D eigenvalue weighted by Gasteiger charge is -2.02. The number of hydrogen-bond acceptors (Lipinski definition) is 2. The average molecular weight is 273 g/mol. The summed E-state index contributed by atoms with van der Waals surface area (Å²) in [6.07, 6.45) is 1.82. The summed E-state index contributed by atoms with van der Waals surface area (Å²) in [5.41, 5.74) is 1.33. The van der Waals surface area contributed by atoms with Gasteiger partial charge in [0.15, 0.2) is 0 Å². The van der Waals surface area contributed by atoms with Crippen LogP contribution in [0.15, 0.2) is 40.9 Å². The first-order valence-electron chi connectivity index (χ1n) is 6.11. The molecule has 3 aromatic rings. The van der Waals surface area contributed by atoms with Gasteiger partial charge < -0.3 is 14.1 Å². The zero-order valence-electron chi connectivity index (χ0n) is 10.8. The predicted molar refractivity (Wildman–Crippen MR) is 71.4 cm³/mol. The second-order valence-corrected chi connectivity index (χ2v) is 4.68. The summed E-state index contributed by atoms with van der Waals surface area (Å²) in [4.78, 5) is 10.9. The molecule has 0 spiro atoms. The summed E-state index contributed by atoms with van der Waals surface area (Å²) in [5, 5.41) is 9.89. The number of rotatable bonds is 3. The molecule has 5 heteroatoms. The summed E-state index contributed by atoms with van der Waals surface area (Å²) in [7, 11) is 0. The van der Waals surface area contributed by atoms with Crippen molar-refractivity contribution < 1.29 is 18.7 Å². The van der Waals surface area contributed by atoms with Crippen molar-refractivity contribution >= 4 is 16.9 Å². The van der Waals surface area contributed by atoms with Crippen molar-refractivity contribution in [2.45, 2.75) is 13.5 Å². The van der Waals surface area contributed by atoms with Crippen LogP contribution >= 0.6 is 0 Å². The van der Waals surface area contributed by atoms with E-state index in [1.165, 1.54) is 12.1 Å². The Hall–Kier alpha value is -2.56. The Balaban J connectivity index is 1.99. The molecule has 1 aromatic carbocycles. The van der Waals surface area contributed by atoms with Gasteiger partial charge in [-0.2, -0.15) is 0 Å². The van der Waals surface area contributed by atoms with E-state index in [-0.39, 0.29) is 11.6 Å². The molecule has 20 heavy (non-hydrogen) atoms. The van der Waals surface area contributed by atoms with Gasteiger partial charge in [-0.15, -0.1) is 0 Å². The molecular formula is C15H12FNO3. The Labute approximate surface area is 114 Å². The highest BCUT2D eigenvalue weighted by Gasteiger charge is 2.15. The number of halogens is 1. The number of nitrogens with zero attached hydrogens (tertiary/aromatic N) is 1. The molecule has 1 N–H and O–H groups in total. The van der Waals surface area contributed by atoms with E-state index < -0.39 is 5.97 Å². The van der Waals surface area contributed by atoms with E-state index in [1.807, 2.05) is 16.8 Å². The largest absolute Gasteiger partial charge is 0.475 e. The van der Waals surface area contributed by atoms with Crippen LogP contribution < -0.4 is 0 Å². The van der Waals surface area contributed by atoms with Gasteiger partial charge in [0, 0.05) is 11.8 Å². The quantitative estimate of drug-likeness (QED) is 0.795. The van der Waals surface area contributed by atoms with Crippen LogP contribution in [0.5, 0.6) is 0 Å². The van der Waals surface area contributed by atoms with Crippen LogP contribution in [0.4, 0.5) is 4.39 Å². The number of carboxylic acids is 1. The highest BCUT2D eigenvalue weighted by atomic mass is 19.1. The van der Waals surface area contributed by atoms with Crippen molar-refractivity contribution in [3.05, 3.63) is 59.4 Å². The van der Waals surface area contributed by atoms with Crippen LogP contribution in [0.1, 0.15) is 21.9 Å². The van der Waals surface area contributed by atoms with Gasteiger partial charge in [0.1, 0.15) is 11.6 Å². The molecule has 102 valence electrons. The minimum absolute atomic E-state index is 0.0531. The monoisotopic (exact) mass is 273 g/mol. The van der Waals surface area contributed by atoms with Crippen LogP contribution in [-0.2, 0) is 6.54 Å². The first-order valence-corrected chi connectivity index (χ1v) is 6.11. The number of aromatic nitrogens is 1. The molecule has 0 amide bonds. The van der Waals surface area contributed by atoms with Crippen LogP contribution in [0.3, 0.4) is 0 Å². The fraction of sp³-hybridized carbons (Fsp3) is 0.133. The number of hydrogen-bond donors (Lipinski definition) is 1. The third-order valence-corrected chi connectivity index (χ3v) is 3.23. The summed E-state index contributed by atoms with van der Waals surface area (Å²) in [6.45, 7) is 2.05. The highest BCUT2D eigenvalue weighted by Crippen LogP contribution is 2.21. The number of aromatic carboxylic acids is 1. The Bertz CT molecular complexity index is 801. The zero-order valence-corrected chi connectivity index (χ0v) is 10.8. The van der Waals surface area contributed by atoms with Crippen molar-refractivity contribution in [1.29, 1.82) is 0 Å². The van der Waals surface area contributed by atoms with E-state index in [2.05, 4.69) is 0 Å². The molecule has 0 aliphatic carbocycles. The second-order valence-electron chi connectivity index (χ2n) is 4.68. The molecule has 0 fully saturated rings. The third-order valence-electron chi connectivity index (χ3n) is 3.23. The molecule has 4 nitrogen and oxygen atoms in total. The normalized spacial score (nSPS) is 11.1. The smallest absolute Gasteiger partial charge is 0.372 e. The third kappa shape index (κ3) is 2.07. The minimum atomic E-state index is -1.09. The van der Waals surface area contributed by atoms with Crippen molar-refractivity contribution in [3.8, 4) is 0 Å². The Kier molecular flexibility index (Phi) is 2.82. The van der Waals surface area contributed by atoms with E-state index in [0.29, 0.717) is 17.9 Å². The molecule has 2 heterocycles. The van der Waals surface area contributed by atoms with E-state index in [9.17, 15) is 9.18 Å². The zero-order chi connectivity index (χ0) is 14.3. The fourth-order valence-corrected chi connectivity index (χ4v) is 2.30. The Morgan fingerprint density at radius 2 is 2.15 bits per heavy atom. The molecule has 0 aliphatic heterocycles. The second kappa shape index (κ2) is 4.52. The van der Waals surface area contributed by atoms with Crippen LogP contribution in [-0.4, -0.2) is 15.6 Å². The SMILES string of the molecule is Cc1cc(Cn2ccc3ccc(F)cc32)oc1C(=O)O. The maximum Gasteiger partial charge on any atom is 0.372 e. The molecule has 0 saturated carbocycles. The Morgan fingerprint density at radius 3 is 2.85 bits per heavy atom. The van der Waals surface area contributed by atoms with E-state index in [0.717, 1.165) is 10.9 Å². The standard InChI is InChI=1S/C15H12FNO3/c1-9-6-12(20-14(9)15(18)19)8-17-5-4-10-2-3-11(16)7-13(10)17/h2-7H,8H2,1H3,(H,18,19). The van der Waals surface area contributed by atoms with Crippen molar-refractivity contribution in [1.82, 2.24) is 4.57 Å². The van der Waals surface area contributed by atoms with Gasteiger partial charge >= 0.3 is 5.97 Å². The van der Waals surface area contributed by atoms with Gasteiger partial charge in [0.2, 0.25) is 5.76 Å². The first-order chi connectivity index (χ1) is 9.54. The number of carboxylic acid groups (broad SMARTS) is 1. The molecule has 0 atom stereocenters. The predicted octanol–water partition coefficient (Wildman–Crippen LogP) is 3.43. The van der Waals surface area contributed by atoms with Crippen molar-refractivity contribution in [2.24, 2.45) is 0 Å². The minimum Gasteiger partial charge on any atom is -0.475 e. The lowest BCUT2D eigenvalue weighted by Crippen LogP contribution is -1.97. The Morgan fingerprint density at radius 1 is 1.35 bits per heavy atom. The maximum absolute atomic E-state index is 13.3. The fourth-order valence-electron chi connectivity index (χ4n) is 2.30. The van der Waals surface area contributed by atoms with Gasteiger partial charge in [0.05, 0.1) is 12.1 Å². The van der Waals surface area contributed by atoms with Gasteiger partial charge in [-0.3, -0.25) is 0 Å². The van der Waals surface area contributed by atoms with Gasteiger partial charge in [-0.25, -0.2) is 9.18 Å². The van der Waals surface area contributed by atoms with Gasteiger partial charge in [-0.05, 0) is 42.6 Å². The van der Waals surface area contributed by atoms with Crippen LogP contribution in [0, 0.1) is 12.7 Å². The van der Waals surface area contributed by atoms with E-state index >= 15 is 0 Å². The molecule has 3 rings (SSSR count). The molecule has 0 aliphatic rings. The molecule has 2 aromatic heterocycles. The summed E-state index contributed by atoms with van der Waals surface area (Å²) in [5.74, 6) is -0.916. The number of aryl methyl sites for hydroxylation is 1. The summed E-state index contributed by atoms with van der Waals surface area (Å²) < 4.78 is 20.4. The number of benzene rings is 1. The molecule has 0 bridgehead atoms. The number of fused-ring (bicyclic) bond motifs is 1. The number of furan rings is 1. The lowest BCUT2D eigenvalue weighted by molar-refractivity contribution is 0.0659. The van der Waals surface area contributed by atoms with Crippen molar-refractivity contribution in [2.75, 3.05) is 0 Å². The average Bonchev–Trinajstić information content (AvgIpc) is 2.94. The van der Waals surface area contributed by atoms with E-state index in [4.69, 9.17) is 9.52 Å². The van der Waals surface area contributed by atoms with E-state index in [1.54, 1.807) is 19.1 Å². The molecule has 0 saturated heterocycles. The number of carbonyl (C=O) groups is 1. The maximum atomic E-state index is 13.3. The van der Waals surface area contributed by atoms with Crippen molar-refractivity contribution in [3.63, 3.8) is 0 Å². The topological polar surface area (TPSA) is 55.4 Å². The van der Waals surface area contributed by atoms with Crippen LogP contribution in [0.2, 0.25) is 0 Å². The molecular weight excluding hydrogens is 261 g/mol. The van der Waals surface area contributed by atoms with Gasteiger partial charge in [0.25, 0.3) is 0 Å². The molecule has 0 unspecified atom stereocenters. The van der Waals surface area contributed by atoms with Crippen LogP contribution in [0.25, 0.3) is 10.9 Å². The summed E-state index contributed by atoms with van der Waals surface area (Å²) >= 11 is 0. The molecule has 0 radical (unpaired) electrons. The highest BCUT2D eigenvalue weighted by molar-refractivity contribution is 5.86. The lowest BCUT2D eigenvalue weighted by atomic mass is 10.2. The summed E-state index contributed by atoms with van der Waals surface area (Å²) in [6, 6.07) is 8.13. The van der Waals surface area contributed by atoms with Gasteiger partial charge in [-0.1, -0.05) is 0 Å². The first kappa shape index (κ1) is 12.5.